The minimum absolute atomic E-state index is 0.0159. The summed E-state index contributed by atoms with van der Waals surface area (Å²) in [6.45, 7) is 6.08. The number of esters is 1. The van der Waals surface area contributed by atoms with Crippen molar-refractivity contribution in [1.29, 1.82) is 0 Å². The van der Waals surface area contributed by atoms with Crippen molar-refractivity contribution in [3.05, 3.63) is 35.9 Å². The third kappa shape index (κ3) is 7.98. The van der Waals surface area contributed by atoms with Crippen molar-refractivity contribution in [3.8, 4) is 0 Å². The maximum absolute atomic E-state index is 12.0. The number of likely N-dealkylation sites (tertiary alicyclic amines) is 1. The topological polar surface area (TPSA) is 60.4 Å². The molecule has 0 aliphatic carbocycles. The average molecular weight is 391 g/mol. The zero-order valence-electron chi connectivity index (χ0n) is 17.3. The Morgan fingerprint density at radius 2 is 2.04 bits per heavy atom. The van der Waals surface area contributed by atoms with Crippen molar-refractivity contribution >= 4 is 11.7 Å². The summed E-state index contributed by atoms with van der Waals surface area (Å²) in [5.74, 6) is -0.0913. The lowest BCUT2D eigenvalue weighted by atomic mass is 9.98. The molecule has 0 amide bonds. The summed E-state index contributed by atoms with van der Waals surface area (Å²) in [5, 5.41) is 4.42. The molecule has 1 saturated heterocycles. The van der Waals surface area contributed by atoms with E-state index in [-0.39, 0.29) is 11.9 Å². The monoisotopic (exact) mass is 390 g/mol. The maximum atomic E-state index is 12.0. The van der Waals surface area contributed by atoms with Gasteiger partial charge in [-0.05, 0) is 51.1 Å². The summed E-state index contributed by atoms with van der Waals surface area (Å²) in [4.78, 5) is 19.9. The van der Waals surface area contributed by atoms with Gasteiger partial charge in [0.25, 0.3) is 0 Å². The van der Waals surface area contributed by atoms with Gasteiger partial charge in [-0.3, -0.25) is 9.69 Å². The SMILES string of the molecule is CCOC(=O)[C@@H]1CCCN(CCO/N=C(/CCCCOC)c2ccccc2)C1. The van der Waals surface area contributed by atoms with Gasteiger partial charge in [0, 0.05) is 26.8 Å². The molecule has 156 valence electrons. The standard InChI is InChI=1S/C22H34N2O4/c1-3-27-22(25)20-12-9-14-24(18-20)15-17-28-23-21(13-7-8-16-26-2)19-10-5-4-6-11-19/h4-6,10-11,20H,3,7-9,12-18H2,1-2H3/b23-21-/t20-/m1/s1. The number of hydrogen-bond donors (Lipinski definition) is 0. The van der Waals surface area contributed by atoms with E-state index in [1.165, 1.54) is 0 Å². The number of rotatable bonds is 12. The number of ether oxygens (including phenoxy) is 2. The molecule has 6 nitrogen and oxygen atoms in total. The van der Waals surface area contributed by atoms with Crippen LogP contribution >= 0.6 is 0 Å². The average Bonchev–Trinajstić information content (AvgIpc) is 2.73. The highest BCUT2D eigenvalue weighted by molar-refractivity contribution is 6.00. The van der Waals surface area contributed by atoms with Crippen molar-refractivity contribution < 1.29 is 19.1 Å². The molecule has 1 aromatic rings. The van der Waals surface area contributed by atoms with Gasteiger partial charge < -0.3 is 14.3 Å². The first-order chi connectivity index (χ1) is 13.7. The van der Waals surface area contributed by atoms with Crippen LogP contribution in [0.2, 0.25) is 0 Å². The molecule has 1 aliphatic heterocycles. The van der Waals surface area contributed by atoms with E-state index in [0.29, 0.717) is 13.2 Å². The van der Waals surface area contributed by atoms with Crippen molar-refractivity contribution in [2.75, 3.05) is 46.6 Å². The molecular weight excluding hydrogens is 356 g/mol. The Kier molecular flexibility index (Phi) is 10.6. The normalized spacial score (nSPS) is 18.1. The molecule has 0 saturated carbocycles. The van der Waals surface area contributed by atoms with E-state index in [1.807, 2.05) is 25.1 Å². The second-order valence-electron chi connectivity index (χ2n) is 7.08. The van der Waals surface area contributed by atoms with Crippen LogP contribution in [0.25, 0.3) is 0 Å². The lowest BCUT2D eigenvalue weighted by molar-refractivity contribution is -0.150. The largest absolute Gasteiger partial charge is 0.466 e. The fourth-order valence-corrected chi connectivity index (χ4v) is 3.42. The molecule has 2 rings (SSSR count). The number of carbonyl (C=O) groups excluding carboxylic acids is 1. The minimum Gasteiger partial charge on any atom is -0.466 e. The molecule has 1 fully saturated rings. The van der Waals surface area contributed by atoms with Crippen molar-refractivity contribution in [2.45, 2.75) is 39.0 Å². The molecule has 6 heteroatoms. The van der Waals surface area contributed by atoms with E-state index in [9.17, 15) is 4.79 Å². The van der Waals surface area contributed by atoms with Gasteiger partial charge in [-0.1, -0.05) is 35.5 Å². The zero-order valence-corrected chi connectivity index (χ0v) is 17.3. The van der Waals surface area contributed by atoms with Crippen LogP contribution in [0, 0.1) is 5.92 Å². The van der Waals surface area contributed by atoms with Crippen LogP contribution in [0.1, 0.15) is 44.6 Å². The Balaban J connectivity index is 1.81. The number of methoxy groups -OCH3 is 1. The Morgan fingerprint density at radius 3 is 2.79 bits per heavy atom. The highest BCUT2D eigenvalue weighted by Crippen LogP contribution is 2.17. The number of carbonyl (C=O) groups is 1. The molecule has 1 aliphatic rings. The fourth-order valence-electron chi connectivity index (χ4n) is 3.42. The molecule has 1 atom stereocenters. The minimum atomic E-state index is -0.0754. The Hall–Kier alpha value is -1.92. The van der Waals surface area contributed by atoms with E-state index >= 15 is 0 Å². The number of nitrogens with zero attached hydrogens (tertiary/aromatic N) is 2. The molecule has 28 heavy (non-hydrogen) atoms. The number of unbranched alkanes of at least 4 members (excludes halogenated alkanes) is 1. The van der Waals surface area contributed by atoms with E-state index in [2.05, 4.69) is 22.2 Å². The second kappa shape index (κ2) is 13.3. The molecule has 0 unspecified atom stereocenters. The van der Waals surface area contributed by atoms with Crippen molar-refractivity contribution in [2.24, 2.45) is 11.1 Å². The van der Waals surface area contributed by atoms with Gasteiger partial charge in [-0.15, -0.1) is 0 Å². The van der Waals surface area contributed by atoms with Crippen molar-refractivity contribution in [3.63, 3.8) is 0 Å². The Bertz CT molecular complexity index is 591. The van der Waals surface area contributed by atoms with Crippen molar-refractivity contribution in [1.82, 2.24) is 4.90 Å². The van der Waals surface area contributed by atoms with Gasteiger partial charge >= 0.3 is 5.97 Å². The smallest absolute Gasteiger partial charge is 0.310 e. The van der Waals surface area contributed by atoms with Gasteiger partial charge in [0.1, 0.15) is 6.61 Å². The lowest BCUT2D eigenvalue weighted by Gasteiger charge is -2.30. The predicted octanol–water partition coefficient (Wildman–Crippen LogP) is 3.50. The highest BCUT2D eigenvalue weighted by atomic mass is 16.6. The Morgan fingerprint density at radius 1 is 1.21 bits per heavy atom. The van der Waals surface area contributed by atoms with Gasteiger partial charge in [-0.25, -0.2) is 0 Å². The summed E-state index contributed by atoms with van der Waals surface area (Å²) in [6, 6.07) is 10.2. The third-order valence-electron chi connectivity index (χ3n) is 4.92. The summed E-state index contributed by atoms with van der Waals surface area (Å²) in [5.41, 5.74) is 2.07. The van der Waals surface area contributed by atoms with E-state index < -0.39 is 0 Å². The maximum Gasteiger partial charge on any atom is 0.310 e. The first kappa shape index (κ1) is 22.4. The number of benzene rings is 1. The van der Waals surface area contributed by atoms with Crippen LogP contribution < -0.4 is 0 Å². The van der Waals surface area contributed by atoms with Crippen LogP contribution in [0.15, 0.2) is 35.5 Å². The summed E-state index contributed by atoms with van der Waals surface area (Å²) in [7, 11) is 1.72. The molecule has 0 spiro atoms. The van der Waals surface area contributed by atoms with E-state index in [4.69, 9.17) is 14.3 Å². The summed E-state index contributed by atoms with van der Waals surface area (Å²) in [6.07, 6.45) is 4.81. The van der Waals surface area contributed by atoms with Gasteiger partial charge in [0.15, 0.2) is 0 Å². The first-order valence-corrected chi connectivity index (χ1v) is 10.4. The predicted molar refractivity (Wildman–Crippen MR) is 110 cm³/mol. The molecule has 1 aromatic carbocycles. The molecule has 0 N–H and O–H groups in total. The Labute approximate surface area is 168 Å². The van der Waals surface area contributed by atoms with E-state index in [1.54, 1.807) is 7.11 Å². The number of oxime groups is 1. The van der Waals surface area contributed by atoms with Crippen LogP contribution in [-0.2, 0) is 19.1 Å². The van der Waals surface area contributed by atoms with Gasteiger partial charge in [-0.2, -0.15) is 0 Å². The number of hydrogen-bond acceptors (Lipinski definition) is 6. The summed E-state index contributed by atoms with van der Waals surface area (Å²) < 4.78 is 10.3. The molecule has 0 bridgehead atoms. The number of piperidine rings is 1. The first-order valence-electron chi connectivity index (χ1n) is 10.4. The van der Waals surface area contributed by atoms with Crippen LogP contribution in [-0.4, -0.2) is 63.1 Å². The quantitative estimate of drug-likeness (QED) is 0.237. The highest BCUT2D eigenvalue weighted by Gasteiger charge is 2.26. The van der Waals surface area contributed by atoms with Crippen LogP contribution in [0.5, 0.6) is 0 Å². The third-order valence-corrected chi connectivity index (χ3v) is 4.92. The lowest BCUT2D eigenvalue weighted by Crippen LogP contribution is -2.40. The zero-order chi connectivity index (χ0) is 20.0. The van der Waals surface area contributed by atoms with Gasteiger partial charge in [0.05, 0.1) is 18.2 Å². The summed E-state index contributed by atoms with van der Waals surface area (Å²) >= 11 is 0. The molecule has 1 heterocycles. The van der Waals surface area contributed by atoms with Crippen LogP contribution in [0.3, 0.4) is 0 Å². The van der Waals surface area contributed by atoms with Crippen LogP contribution in [0.4, 0.5) is 0 Å². The molecule has 0 radical (unpaired) electrons. The molecular formula is C22H34N2O4. The fraction of sp³-hybridized carbons (Fsp3) is 0.636. The second-order valence-corrected chi connectivity index (χ2v) is 7.08. The van der Waals surface area contributed by atoms with Gasteiger partial charge in [0.2, 0.25) is 0 Å². The van der Waals surface area contributed by atoms with E-state index in [0.717, 1.165) is 69.6 Å². The molecule has 0 aromatic heterocycles.